The minimum Gasteiger partial charge on any atom is -0.377 e. The second-order valence-corrected chi connectivity index (χ2v) is 12.1. The van der Waals surface area contributed by atoms with Crippen molar-refractivity contribution in [2.45, 2.75) is 65.0 Å². The summed E-state index contributed by atoms with van der Waals surface area (Å²) in [4.78, 5) is 19.1. The summed E-state index contributed by atoms with van der Waals surface area (Å²) in [7, 11) is 6.08. The highest BCUT2D eigenvalue weighted by Crippen LogP contribution is 2.31. The Labute approximate surface area is 252 Å². The largest absolute Gasteiger partial charge is 0.377 e. The Balaban J connectivity index is 1.80. The van der Waals surface area contributed by atoms with Gasteiger partial charge in [0.2, 0.25) is 0 Å². The molecule has 3 aliphatic rings. The van der Waals surface area contributed by atoms with Gasteiger partial charge >= 0.3 is 0 Å². The number of likely N-dealkylation sites (tertiary alicyclic amines) is 1. The number of benzene rings is 1. The lowest BCUT2D eigenvalue weighted by molar-refractivity contribution is 0.253. The molecule has 1 unspecified atom stereocenters. The number of likely N-dealkylation sites (N-methyl/N-ethyl adjacent to an activating group) is 2. The molecule has 0 spiro atoms. The fraction of sp³-hybridized carbons (Fsp3) is 0.529. The molecular weight excluding hydrogens is 525 g/mol. The zero-order chi connectivity index (χ0) is 30.6. The normalized spacial score (nSPS) is 27.7. The Morgan fingerprint density at radius 1 is 1.00 bits per heavy atom. The average Bonchev–Trinajstić information content (AvgIpc) is 2.97. The first-order valence-corrected chi connectivity index (χ1v) is 15.3. The van der Waals surface area contributed by atoms with Crippen LogP contribution < -0.4 is 5.73 Å². The van der Waals surface area contributed by atoms with Gasteiger partial charge < -0.3 is 25.3 Å². The predicted octanol–water partition coefficient (Wildman–Crippen LogP) is 5.28. The number of piperidine rings is 1. The number of aliphatic imine (C=N–C) groups is 2. The van der Waals surface area contributed by atoms with E-state index in [-0.39, 0.29) is 17.9 Å². The molecule has 0 aromatic heterocycles. The molecule has 2 saturated heterocycles. The first-order valence-electron chi connectivity index (χ1n) is 15.3. The Bertz CT molecular complexity index is 1300. The lowest BCUT2D eigenvalue weighted by atomic mass is 9.93. The number of amidine groups is 1. The smallest absolute Gasteiger partial charge is 0.133 e. The maximum absolute atomic E-state index is 14.6. The SMILES string of the molecule is C=C1CCc2ccc(F)cc2C(=C)N2CCCCC2C(=N/C)/C=C(C)/N=C(N2CC(N)C2)\C(C)=C(/C)N(C)CCN1C. The van der Waals surface area contributed by atoms with Crippen LogP contribution in [-0.4, -0.2) is 97.1 Å². The van der Waals surface area contributed by atoms with Crippen molar-refractivity contribution in [1.29, 1.82) is 0 Å². The number of fused-ring (bicyclic) bond motifs is 2. The standard InChI is InChI=1S/C34H50FN7/c1-23-19-32(37-6)33-11-9-10-16-42(33)27(5)31-20-29(35)15-14-28(31)13-12-24(2)39(7)17-18-40(8)26(4)25(3)34(38-23)41-21-30(36)22-41/h14-15,19-20,30,33H,2,5,9-13,16-18,21-22,36H2,1,3-4,6-8H3/b23-19+,26-25+,37-32+,38-34+. The van der Waals surface area contributed by atoms with Crippen LogP contribution in [-0.2, 0) is 6.42 Å². The van der Waals surface area contributed by atoms with Gasteiger partial charge in [-0.3, -0.25) is 4.99 Å². The lowest BCUT2D eigenvalue weighted by Crippen LogP contribution is -2.58. The average molecular weight is 576 g/mol. The zero-order valence-corrected chi connectivity index (χ0v) is 26.6. The van der Waals surface area contributed by atoms with Crippen molar-refractivity contribution >= 4 is 17.2 Å². The Kier molecular flexibility index (Phi) is 10.3. The molecule has 2 fully saturated rings. The van der Waals surface area contributed by atoms with E-state index in [0.29, 0.717) is 0 Å². The fourth-order valence-electron chi connectivity index (χ4n) is 6.10. The molecular formula is C34H50FN7. The number of hydrogen-bond donors (Lipinski definition) is 1. The Morgan fingerprint density at radius 2 is 1.71 bits per heavy atom. The zero-order valence-electron chi connectivity index (χ0n) is 26.6. The van der Waals surface area contributed by atoms with Crippen molar-refractivity contribution in [3.63, 3.8) is 0 Å². The van der Waals surface area contributed by atoms with Gasteiger partial charge in [0.25, 0.3) is 0 Å². The van der Waals surface area contributed by atoms with Crippen LogP contribution in [0.1, 0.15) is 57.6 Å². The second kappa shape index (κ2) is 13.7. The molecule has 3 heterocycles. The van der Waals surface area contributed by atoms with Gasteiger partial charge in [0, 0.05) is 93.8 Å². The number of halogens is 1. The van der Waals surface area contributed by atoms with E-state index in [1.165, 1.54) is 5.70 Å². The van der Waals surface area contributed by atoms with Crippen molar-refractivity contribution in [3.8, 4) is 0 Å². The van der Waals surface area contributed by atoms with Crippen LogP contribution in [0.3, 0.4) is 0 Å². The van der Waals surface area contributed by atoms with Crippen LogP contribution in [0.25, 0.3) is 5.70 Å². The molecule has 0 aliphatic carbocycles. The third-order valence-corrected chi connectivity index (χ3v) is 9.12. The number of nitrogens with zero attached hydrogens (tertiary/aromatic N) is 6. The van der Waals surface area contributed by atoms with E-state index in [9.17, 15) is 4.39 Å². The van der Waals surface area contributed by atoms with E-state index in [1.54, 1.807) is 12.1 Å². The topological polar surface area (TPSA) is 63.7 Å². The molecule has 2 N–H and O–H groups in total. The van der Waals surface area contributed by atoms with E-state index < -0.39 is 0 Å². The summed E-state index contributed by atoms with van der Waals surface area (Å²) in [6, 6.07) is 5.32. The van der Waals surface area contributed by atoms with Crippen molar-refractivity contribution in [3.05, 3.63) is 77.0 Å². The summed E-state index contributed by atoms with van der Waals surface area (Å²) in [5, 5.41) is 0. The van der Waals surface area contributed by atoms with E-state index in [1.807, 2.05) is 20.0 Å². The first-order chi connectivity index (χ1) is 20.0. The fourth-order valence-corrected chi connectivity index (χ4v) is 6.10. The predicted molar refractivity (Wildman–Crippen MR) is 175 cm³/mol. The van der Waals surface area contributed by atoms with Crippen molar-refractivity contribution in [2.75, 3.05) is 53.9 Å². The molecule has 0 bridgehead atoms. The van der Waals surface area contributed by atoms with Gasteiger partial charge in [0.1, 0.15) is 11.7 Å². The molecule has 4 rings (SSSR count). The van der Waals surface area contributed by atoms with Gasteiger partial charge in [-0.05, 0) is 76.6 Å². The van der Waals surface area contributed by atoms with E-state index in [4.69, 9.17) is 15.7 Å². The quantitative estimate of drug-likeness (QED) is 0.456. The molecule has 1 aromatic carbocycles. The van der Waals surface area contributed by atoms with Crippen molar-refractivity contribution < 1.29 is 4.39 Å². The van der Waals surface area contributed by atoms with E-state index in [0.717, 1.165) is 110 Å². The van der Waals surface area contributed by atoms with Gasteiger partial charge in [-0.2, -0.15) is 0 Å². The second-order valence-electron chi connectivity index (χ2n) is 12.1. The summed E-state index contributed by atoms with van der Waals surface area (Å²) in [5.74, 6) is 0.724. The lowest BCUT2D eigenvalue weighted by Gasteiger charge is -2.40. The van der Waals surface area contributed by atoms with Gasteiger partial charge in [-0.15, -0.1) is 0 Å². The highest BCUT2D eigenvalue weighted by Gasteiger charge is 2.30. The van der Waals surface area contributed by atoms with Gasteiger partial charge in [-0.1, -0.05) is 19.2 Å². The summed E-state index contributed by atoms with van der Waals surface area (Å²) < 4.78 is 14.6. The molecule has 1 atom stereocenters. The van der Waals surface area contributed by atoms with E-state index >= 15 is 0 Å². The van der Waals surface area contributed by atoms with Crippen LogP contribution in [0.5, 0.6) is 0 Å². The van der Waals surface area contributed by atoms with Gasteiger partial charge in [0.05, 0.1) is 11.8 Å². The summed E-state index contributed by atoms with van der Waals surface area (Å²) in [6.45, 7) is 19.4. The number of rotatable bonds is 0. The third kappa shape index (κ3) is 7.14. The molecule has 1 aromatic rings. The van der Waals surface area contributed by atoms with Crippen LogP contribution in [0, 0.1) is 5.82 Å². The number of nitrogens with two attached hydrogens (primary N) is 1. The maximum Gasteiger partial charge on any atom is 0.133 e. The molecule has 0 saturated carbocycles. The molecule has 7 nitrogen and oxygen atoms in total. The number of allylic oxidation sites excluding steroid dienone is 3. The Morgan fingerprint density at radius 3 is 2.40 bits per heavy atom. The Hall–Kier alpha value is -3.39. The minimum absolute atomic E-state index is 0.0473. The highest BCUT2D eigenvalue weighted by atomic mass is 19.1. The van der Waals surface area contributed by atoms with Crippen LogP contribution in [0.2, 0.25) is 0 Å². The number of aryl methyl sites for hydroxylation is 1. The van der Waals surface area contributed by atoms with Gasteiger partial charge in [0.15, 0.2) is 0 Å². The van der Waals surface area contributed by atoms with Crippen LogP contribution in [0.4, 0.5) is 4.39 Å². The molecule has 228 valence electrons. The van der Waals surface area contributed by atoms with Crippen LogP contribution in [0.15, 0.2) is 70.1 Å². The molecule has 42 heavy (non-hydrogen) atoms. The van der Waals surface area contributed by atoms with Crippen LogP contribution >= 0.6 is 0 Å². The summed E-state index contributed by atoms with van der Waals surface area (Å²) in [5.41, 5.74) is 14.3. The van der Waals surface area contributed by atoms with Gasteiger partial charge in [-0.25, -0.2) is 9.38 Å². The molecule has 0 radical (unpaired) electrons. The molecule has 3 aliphatic heterocycles. The molecule has 8 heteroatoms. The summed E-state index contributed by atoms with van der Waals surface area (Å²) >= 11 is 0. The minimum atomic E-state index is -0.244. The van der Waals surface area contributed by atoms with Crippen molar-refractivity contribution in [2.24, 2.45) is 15.7 Å². The third-order valence-electron chi connectivity index (χ3n) is 9.12. The van der Waals surface area contributed by atoms with Crippen molar-refractivity contribution in [1.82, 2.24) is 19.6 Å². The monoisotopic (exact) mass is 575 g/mol. The number of hydrogen-bond acceptors (Lipinski definition) is 7. The highest BCUT2D eigenvalue weighted by molar-refractivity contribution is 6.02. The summed E-state index contributed by atoms with van der Waals surface area (Å²) in [6.07, 6.45) is 6.81. The van der Waals surface area contributed by atoms with E-state index in [2.05, 4.69) is 66.8 Å². The molecule has 0 amide bonds. The first kappa shape index (κ1) is 31.5. The maximum atomic E-state index is 14.6.